The van der Waals surface area contributed by atoms with Crippen LogP contribution in [0.15, 0.2) is 36.9 Å². The second kappa shape index (κ2) is 8.53. The third-order valence-corrected chi connectivity index (χ3v) is 4.11. The normalized spacial score (nSPS) is 17.3. The van der Waals surface area contributed by atoms with Gasteiger partial charge in [0.25, 0.3) is 5.91 Å². The lowest BCUT2D eigenvalue weighted by Crippen LogP contribution is -2.43. The van der Waals surface area contributed by atoms with Gasteiger partial charge in [0.1, 0.15) is 0 Å². The number of nitrogens with zero attached hydrogens (tertiary/aromatic N) is 4. The van der Waals surface area contributed by atoms with Crippen LogP contribution in [-0.4, -0.2) is 51.5 Å². The maximum absolute atomic E-state index is 12.6. The molecule has 132 valence electrons. The van der Waals surface area contributed by atoms with Crippen LogP contribution in [0.3, 0.4) is 0 Å². The van der Waals surface area contributed by atoms with Gasteiger partial charge in [0.05, 0.1) is 18.3 Å². The van der Waals surface area contributed by atoms with Gasteiger partial charge in [-0.1, -0.05) is 6.07 Å². The second-order valence-electron chi connectivity index (χ2n) is 6.01. The largest absolute Gasteiger partial charge is 0.372 e. The van der Waals surface area contributed by atoms with Gasteiger partial charge in [-0.05, 0) is 31.4 Å². The summed E-state index contributed by atoms with van der Waals surface area (Å²) in [4.78, 5) is 26.9. The molecule has 2 aromatic rings. The highest BCUT2D eigenvalue weighted by Crippen LogP contribution is 2.17. The SMILES string of the molecule is CCNc1ncc(C(=O)N2CCC[C@@H](OCc3cccnc3)C2)cn1. The second-order valence-corrected chi connectivity index (χ2v) is 6.01. The Morgan fingerprint density at radius 1 is 1.36 bits per heavy atom. The minimum Gasteiger partial charge on any atom is -0.372 e. The zero-order chi connectivity index (χ0) is 17.5. The van der Waals surface area contributed by atoms with Gasteiger partial charge in [0.15, 0.2) is 0 Å². The quantitative estimate of drug-likeness (QED) is 0.867. The van der Waals surface area contributed by atoms with Gasteiger partial charge < -0.3 is 15.0 Å². The molecule has 2 aromatic heterocycles. The van der Waals surface area contributed by atoms with Crippen molar-refractivity contribution in [3.05, 3.63) is 48.0 Å². The molecule has 0 unspecified atom stereocenters. The average molecular weight is 341 g/mol. The number of nitrogens with one attached hydrogen (secondary N) is 1. The monoisotopic (exact) mass is 341 g/mol. The summed E-state index contributed by atoms with van der Waals surface area (Å²) in [5.74, 6) is 0.494. The lowest BCUT2D eigenvalue weighted by molar-refractivity contribution is -0.00683. The topological polar surface area (TPSA) is 80.2 Å². The minimum atomic E-state index is -0.0438. The van der Waals surface area contributed by atoms with Gasteiger partial charge in [0.2, 0.25) is 5.95 Å². The van der Waals surface area contributed by atoms with E-state index in [1.807, 2.05) is 24.0 Å². The Balaban J connectivity index is 1.55. The van der Waals surface area contributed by atoms with E-state index in [1.54, 1.807) is 24.8 Å². The standard InChI is InChI=1S/C18H23N5O2/c1-2-20-18-21-10-15(11-22-18)17(24)23-8-4-6-16(12-23)25-13-14-5-3-7-19-9-14/h3,5,7,9-11,16H,2,4,6,8,12-13H2,1H3,(H,20,21,22)/t16-/m1/s1. The van der Waals surface area contributed by atoms with Crippen molar-refractivity contribution in [2.45, 2.75) is 32.5 Å². The number of pyridine rings is 1. The zero-order valence-electron chi connectivity index (χ0n) is 14.4. The van der Waals surface area contributed by atoms with Crippen LogP contribution < -0.4 is 5.32 Å². The van der Waals surface area contributed by atoms with Crippen molar-refractivity contribution in [1.29, 1.82) is 0 Å². The average Bonchev–Trinajstić information content (AvgIpc) is 2.68. The maximum atomic E-state index is 12.6. The number of rotatable bonds is 6. The molecule has 0 aromatic carbocycles. The Hall–Kier alpha value is -2.54. The van der Waals surface area contributed by atoms with Crippen LogP contribution in [0.5, 0.6) is 0 Å². The van der Waals surface area contributed by atoms with Crippen LogP contribution in [0.1, 0.15) is 35.7 Å². The number of ether oxygens (including phenoxy) is 1. The van der Waals surface area contributed by atoms with Crippen LogP contribution >= 0.6 is 0 Å². The summed E-state index contributed by atoms with van der Waals surface area (Å²) in [6.45, 7) is 4.56. The van der Waals surface area contributed by atoms with E-state index in [9.17, 15) is 4.79 Å². The summed E-state index contributed by atoms with van der Waals surface area (Å²) >= 11 is 0. The fourth-order valence-electron chi connectivity index (χ4n) is 2.83. The number of hydrogen-bond acceptors (Lipinski definition) is 6. The van der Waals surface area contributed by atoms with E-state index >= 15 is 0 Å². The third-order valence-electron chi connectivity index (χ3n) is 4.11. The van der Waals surface area contributed by atoms with Gasteiger partial charge in [-0.2, -0.15) is 0 Å². The summed E-state index contributed by atoms with van der Waals surface area (Å²) in [5.41, 5.74) is 1.55. The van der Waals surface area contributed by atoms with E-state index in [1.165, 1.54) is 0 Å². The highest BCUT2D eigenvalue weighted by atomic mass is 16.5. The van der Waals surface area contributed by atoms with Crippen LogP contribution in [0.25, 0.3) is 0 Å². The zero-order valence-corrected chi connectivity index (χ0v) is 14.4. The van der Waals surface area contributed by atoms with Crippen molar-refractivity contribution >= 4 is 11.9 Å². The first-order chi connectivity index (χ1) is 12.3. The number of hydrogen-bond donors (Lipinski definition) is 1. The van der Waals surface area contributed by atoms with Gasteiger partial charge >= 0.3 is 0 Å². The van der Waals surface area contributed by atoms with Crippen molar-refractivity contribution in [3.8, 4) is 0 Å². The molecule has 0 saturated carbocycles. The van der Waals surface area contributed by atoms with Gasteiger partial charge in [-0.3, -0.25) is 9.78 Å². The Bertz CT molecular complexity index is 678. The first-order valence-corrected chi connectivity index (χ1v) is 8.62. The molecule has 1 aliphatic heterocycles. The molecule has 0 bridgehead atoms. The molecule has 0 aliphatic carbocycles. The Kier molecular flexibility index (Phi) is 5.90. The maximum Gasteiger partial charge on any atom is 0.257 e. The molecule has 1 N–H and O–H groups in total. The van der Waals surface area contributed by atoms with Crippen molar-refractivity contribution in [2.75, 3.05) is 25.0 Å². The van der Waals surface area contributed by atoms with E-state index < -0.39 is 0 Å². The number of carbonyl (C=O) groups excluding carboxylic acids is 1. The van der Waals surface area contributed by atoms with E-state index in [0.717, 1.165) is 31.5 Å². The number of aromatic nitrogens is 3. The predicted molar refractivity (Wildman–Crippen MR) is 94.1 cm³/mol. The first kappa shape index (κ1) is 17.3. The molecule has 0 radical (unpaired) electrons. The highest BCUT2D eigenvalue weighted by molar-refractivity contribution is 5.93. The summed E-state index contributed by atoms with van der Waals surface area (Å²) < 4.78 is 5.96. The molecule has 1 fully saturated rings. The smallest absolute Gasteiger partial charge is 0.257 e. The molecule has 7 nitrogen and oxygen atoms in total. The molecule has 3 heterocycles. The molecule has 25 heavy (non-hydrogen) atoms. The molecular weight excluding hydrogens is 318 g/mol. The molecular formula is C18H23N5O2. The molecule has 1 saturated heterocycles. The van der Waals surface area contributed by atoms with Crippen LogP contribution in [0.4, 0.5) is 5.95 Å². The number of likely N-dealkylation sites (tertiary alicyclic amines) is 1. The van der Waals surface area contributed by atoms with Gasteiger partial charge in [-0.25, -0.2) is 9.97 Å². The highest BCUT2D eigenvalue weighted by Gasteiger charge is 2.25. The molecule has 0 spiro atoms. The van der Waals surface area contributed by atoms with E-state index in [0.29, 0.717) is 24.7 Å². The number of piperidine rings is 1. The summed E-state index contributed by atoms with van der Waals surface area (Å²) in [7, 11) is 0. The summed E-state index contributed by atoms with van der Waals surface area (Å²) in [6.07, 6.45) is 8.63. The number of carbonyl (C=O) groups is 1. The van der Waals surface area contributed by atoms with E-state index in [4.69, 9.17) is 4.74 Å². The van der Waals surface area contributed by atoms with E-state index in [2.05, 4.69) is 20.3 Å². The van der Waals surface area contributed by atoms with Crippen LogP contribution in [-0.2, 0) is 11.3 Å². The van der Waals surface area contributed by atoms with E-state index in [-0.39, 0.29) is 12.0 Å². The summed E-state index contributed by atoms with van der Waals surface area (Å²) in [6, 6.07) is 3.88. The number of anilines is 1. The molecule has 7 heteroatoms. The Morgan fingerprint density at radius 2 is 2.20 bits per heavy atom. The lowest BCUT2D eigenvalue weighted by atomic mass is 10.1. The van der Waals surface area contributed by atoms with Crippen LogP contribution in [0, 0.1) is 0 Å². The van der Waals surface area contributed by atoms with Crippen LogP contribution in [0.2, 0.25) is 0 Å². The van der Waals surface area contributed by atoms with Gasteiger partial charge in [-0.15, -0.1) is 0 Å². The summed E-state index contributed by atoms with van der Waals surface area (Å²) in [5, 5.41) is 3.02. The fourth-order valence-corrected chi connectivity index (χ4v) is 2.83. The molecule has 3 rings (SSSR count). The third kappa shape index (κ3) is 4.73. The lowest BCUT2D eigenvalue weighted by Gasteiger charge is -2.32. The van der Waals surface area contributed by atoms with Crippen molar-refractivity contribution in [2.24, 2.45) is 0 Å². The Morgan fingerprint density at radius 3 is 2.92 bits per heavy atom. The van der Waals surface area contributed by atoms with Crippen molar-refractivity contribution in [1.82, 2.24) is 19.9 Å². The predicted octanol–water partition coefficient (Wildman–Crippen LogP) is 2.12. The Labute approximate surface area is 147 Å². The first-order valence-electron chi connectivity index (χ1n) is 8.62. The van der Waals surface area contributed by atoms with Crippen molar-refractivity contribution < 1.29 is 9.53 Å². The number of amides is 1. The molecule has 1 amide bonds. The van der Waals surface area contributed by atoms with Gasteiger partial charge in [0, 0.05) is 44.4 Å². The molecule has 1 aliphatic rings. The molecule has 1 atom stereocenters. The minimum absolute atomic E-state index is 0.0415. The fraction of sp³-hybridized carbons (Fsp3) is 0.444. The van der Waals surface area contributed by atoms with Crippen molar-refractivity contribution in [3.63, 3.8) is 0 Å².